The van der Waals surface area contributed by atoms with Crippen molar-refractivity contribution in [1.82, 2.24) is 0 Å². The molecule has 0 amide bonds. The Kier molecular flexibility index (Phi) is 4.96. The van der Waals surface area contributed by atoms with Gasteiger partial charge in [-0.2, -0.15) is 0 Å². The van der Waals surface area contributed by atoms with Crippen LogP contribution in [0.15, 0.2) is 29.4 Å². The Hall–Kier alpha value is -1.37. The molecule has 1 heterocycles. The predicted octanol–water partition coefficient (Wildman–Crippen LogP) is 4.60. The number of hydrogen-bond donors (Lipinski definition) is 0. The molecule has 2 aliphatic rings. The van der Waals surface area contributed by atoms with Gasteiger partial charge in [-0.25, -0.2) is 0 Å². The van der Waals surface area contributed by atoms with Gasteiger partial charge in [0.1, 0.15) is 0 Å². The van der Waals surface area contributed by atoms with Gasteiger partial charge in [-0.05, 0) is 51.5 Å². The lowest BCUT2D eigenvalue weighted by Gasteiger charge is -2.48. The Bertz CT molecular complexity index is 730. The van der Waals surface area contributed by atoms with Gasteiger partial charge in [0.05, 0.1) is 24.2 Å². The molecule has 0 spiro atoms. The van der Waals surface area contributed by atoms with Crippen LogP contribution in [0.5, 0.6) is 0 Å². The van der Waals surface area contributed by atoms with E-state index in [0.717, 1.165) is 11.3 Å². The lowest BCUT2D eigenvalue weighted by atomic mass is 9.63. The van der Waals surface area contributed by atoms with Gasteiger partial charge in [0.15, 0.2) is 8.32 Å². The highest BCUT2D eigenvalue weighted by Gasteiger charge is 2.64. The van der Waals surface area contributed by atoms with Crippen molar-refractivity contribution in [3.05, 3.63) is 34.9 Å². The molecule has 1 aromatic rings. The van der Waals surface area contributed by atoms with Crippen LogP contribution < -0.4 is 0 Å². The number of halogens is 1. The average Bonchev–Trinajstić information content (AvgIpc) is 2.85. The fourth-order valence-electron chi connectivity index (χ4n) is 4.06. The second-order valence-electron chi connectivity index (χ2n) is 8.30. The quantitative estimate of drug-likeness (QED) is 0.552. The summed E-state index contributed by atoms with van der Waals surface area (Å²) < 4.78 is 11.6. The Balaban J connectivity index is 2.02. The van der Waals surface area contributed by atoms with Crippen LogP contribution in [0.25, 0.3) is 0 Å². The zero-order chi connectivity index (χ0) is 19.2. The largest absolute Gasteiger partial charge is 0.469 e. The molecule has 1 aliphatic carbocycles. The average molecular weight is 396 g/mol. The van der Waals surface area contributed by atoms with Crippen molar-refractivity contribution in [2.45, 2.75) is 51.6 Å². The zero-order valence-corrected chi connectivity index (χ0v) is 17.7. The molecule has 0 aromatic heterocycles. The minimum Gasteiger partial charge on any atom is -0.469 e. The third-order valence-corrected chi connectivity index (χ3v) is 6.44. The normalized spacial score (nSPS) is 31.0. The molecule has 26 heavy (non-hydrogen) atoms. The lowest BCUT2D eigenvalue weighted by molar-refractivity contribution is -0.241. The van der Waals surface area contributed by atoms with E-state index in [-0.39, 0.29) is 11.9 Å². The number of esters is 1. The number of methoxy groups -OCH3 is 1. The Morgan fingerprint density at radius 1 is 1.31 bits per heavy atom. The number of benzene rings is 1. The second kappa shape index (κ2) is 6.66. The van der Waals surface area contributed by atoms with E-state index in [0.29, 0.717) is 24.3 Å². The van der Waals surface area contributed by atoms with Gasteiger partial charge in [0.2, 0.25) is 5.79 Å². The Morgan fingerprint density at radius 2 is 1.96 bits per heavy atom. The summed E-state index contributed by atoms with van der Waals surface area (Å²) >= 11 is 6.04. The summed E-state index contributed by atoms with van der Waals surface area (Å²) in [5.41, 5.74) is 1.20. The van der Waals surface area contributed by atoms with E-state index in [4.69, 9.17) is 25.6 Å². The number of carbonyl (C=O) groups excluding carboxylic acids is 1. The maximum Gasteiger partial charge on any atom is 0.308 e. The number of hydrogen-bond acceptors (Lipinski definition) is 5. The molecule has 1 aliphatic heterocycles. The van der Waals surface area contributed by atoms with Crippen LogP contribution >= 0.6 is 11.6 Å². The van der Waals surface area contributed by atoms with Gasteiger partial charge < -0.3 is 14.0 Å². The predicted molar refractivity (Wildman–Crippen MR) is 104 cm³/mol. The molecule has 0 N–H and O–H groups in total. The molecule has 3 rings (SSSR count). The van der Waals surface area contributed by atoms with Crippen LogP contribution in [0.4, 0.5) is 0 Å². The van der Waals surface area contributed by atoms with Crippen molar-refractivity contribution in [1.29, 1.82) is 0 Å². The topological polar surface area (TPSA) is 57.1 Å². The van der Waals surface area contributed by atoms with Crippen molar-refractivity contribution in [3.63, 3.8) is 0 Å². The lowest BCUT2D eigenvalue weighted by Crippen LogP contribution is -2.58. The molecular formula is C19H26ClNO4Si. The van der Waals surface area contributed by atoms with E-state index >= 15 is 0 Å². The smallest absolute Gasteiger partial charge is 0.308 e. The molecule has 0 bridgehead atoms. The number of ether oxygens (including phenoxy) is 1. The van der Waals surface area contributed by atoms with Gasteiger partial charge in [0.25, 0.3) is 0 Å². The maximum atomic E-state index is 12.2. The number of rotatable bonds is 4. The van der Waals surface area contributed by atoms with E-state index in [1.54, 1.807) is 0 Å². The summed E-state index contributed by atoms with van der Waals surface area (Å²) in [5, 5.41) is 5.11. The molecule has 142 valence electrons. The van der Waals surface area contributed by atoms with Gasteiger partial charge in [0, 0.05) is 17.0 Å². The second-order valence-corrected chi connectivity index (χ2v) is 13.2. The van der Waals surface area contributed by atoms with Crippen molar-refractivity contribution < 1.29 is 18.8 Å². The fourth-order valence-corrected chi connectivity index (χ4v) is 5.54. The van der Waals surface area contributed by atoms with E-state index in [2.05, 4.69) is 31.7 Å². The third kappa shape index (κ3) is 3.30. The van der Waals surface area contributed by atoms with E-state index < -0.39 is 19.5 Å². The molecule has 5 nitrogen and oxygen atoms in total. The first-order chi connectivity index (χ1) is 12.1. The van der Waals surface area contributed by atoms with E-state index in [1.807, 2.05) is 24.3 Å². The molecule has 3 atom stereocenters. The van der Waals surface area contributed by atoms with Gasteiger partial charge in [-0.3, -0.25) is 4.79 Å². The van der Waals surface area contributed by atoms with Crippen molar-refractivity contribution in [2.75, 3.05) is 7.11 Å². The summed E-state index contributed by atoms with van der Waals surface area (Å²) in [7, 11) is -0.484. The van der Waals surface area contributed by atoms with Crippen LogP contribution in [0.1, 0.15) is 31.7 Å². The van der Waals surface area contributed by atoms with Crippen LogP contribution in [0.2, 0.25) is 24.7 Å². The molecule has 3 unspecified atom stereocenters. The standard InChI is InChI=1S/C19H26ClNO4Si/c1-18-12-14(17(22)23-2)10-11-19(18,25-26(3,4)5)24-21-16(18)13-6-8-15(20)9-7-13/h6-9,14H,10-12H2,1-5H3. The maximum absolute atomic E-state index is 12.2. The van der Waals surface area contributed by atoms with Crippen LogP contribution in [0, 0.1) is 11.3 Å². The Labute approximate surface area is 160 Å². The first-order valence-corrected chi connectivity index (χ1v) is 12.7. The van der Waals surface area contributed by atoms with Gasteiger partial charge in [-0.1, -0.05) is 28.9 Å². The van der Waals surface area contributed by atoms with Gasteiger partial charge >= 0.3 is 5.97 Å². The summed E-state index contributed by atoms with van der Waals surface area (Å²) in [4.78, 5) is 18.2. The van der Waals surface area contributed by atoms with Crippen LogP contribution in [-0.2, 0) is 18.8 Å². The molecule has 1 fully saturated rings. The highest BCUT2D eigenvalue weighted by atomic mass is 35.5. The third-order valence-electron chi connectivity index (χ3n) is 5.25. The fraction of sp³-hybridized carbons (Fsp3) is 0.579. The highest BCUT2D eigenvalue weighted by Crippen LogP contribution is 2.55. The minimum absolute atomic E-state index is 0.185. The van der Waals surface area contributed by atoms with Crippen LogP contribution in [-0.4, -0.2) is 32.9 Å². The number of nitrogens with zero attached hydrogens (tertiary/aromatic N) is 1. The summed E-state index contributed by atoms with van der Waals surface area (Å²) in [6.07, 6.45) is 1.84. The van der Waals surface area contributed by atoms with Crippen molar-refractivity contribution >= 4 is 31.6 Å². The van der Waals surface area contributed by atoms with Crippen LogP contribution in [0.3, 0.4) is 0 Å². The zero-order valence-electron chi connectivity index (χ0n) is 16.0. The van der Waals surface area contributed by atoms with Gasteiger partial charge in [-0.15, -0.1) is 0 Å². The molecule has 7 heteroatoms. The summed E-state index contributed by atoms with van der Waals surface area (Å²) in [6.45, 7) is 8.50. The number of carbonyl (C=O) groups is 1. The SMILES string of the molecule is COC(=O)C1CCC2(O[Si](C)(C)C)ON=C(c3ccc(Cl)cc3)C2(C)C1. The first-order valence-electron chi connectivity index (χ1n) is 8.91. The minimum atomic E-state index is -1.92. The first kappa shape index (κ1) is 19.4. The number of fused-ring (bicyclic) bond motifs is 1. The molecule has 0 saturated heterocycles. The summed E-state index contributed by atoms with van der Waals surface area (Å²) in [6, 6.07) is 7.54. The highest BCUT2D eigenvalue weighted by molar-refractivity contribution is 6.69. The summed E-state index contributed by atoms with van der Waals surface area (Å²) in [5.74, 6) is -1.21. The van der Waals surface area contributed by atoms with E-state index in [9.17, 15) is 4.79 Å². The molecular weight excluding hydrogens is 370 g/mol. The Morgan fingerprint density at radius 3 is 2.54 bits per heavy atom. The molecule has 1 aromatic carbocycles. The monoisotopic (exact) mass is 395 g/mol. The molecule has 1 saturated carbocycles. The number of oxime groups is 1. The molecule has 0 radical (unpaired) electrons. The van der Waals surface area contributed by atoms with Crippen molar-refractivity contribution in [2.24, 2.45) is 16.5 Å². The van der Waals surface area contributed by atoms with Crippen molar-refractivity contribution in [3.8, 4) is 0 Å². The van der Waals surface area contributed by atoms with E-state index in [1.165, 1.54) is 7.11 Å².